The topological polar surface area (TPSA) is 70.2 Å². The third kappa shape index (κ3) is 5.90. The summed E-state index contributed by atoms with van der Waals surface area (Å²) in [5, 5.41) is 8.83. The van der Waals surface area contributed by atoms with Crippen LogP contribution in [0.2, 0.25) is 0 Å². The standard InChI is InChI=1S/C15H29N3O2/c1-12(2)10-17-14(20)11-18-13(19)9-15(16-3)7-5-4-6-8-15/h12,16H,4-11H2,1-3H3,(H,17,20)(H,18,19). The first-order valence-corrected chi connectivity index (χ1v) is 7.70. The highest BCUT2D eigenvalue weighted by Crippen LogP contribution is 2.30. The van der Waals surface area contributed by atoms with E-state index in [4.69, 9.17) is 0 Å². The Bertz CT molecular complexity index is 323. The van der Waals surface area contributed by atoms with Crippen molar-refractivity contribution < 1.29 is 9.59 Å². The van der Waals surface area contributed by atoms with E-state index >= 15 is 0 Å². The van der Waals surface area contributed by atoms with Crippen molar-refractivity contribution in [3.05, 3.63) is 0 Å². The van der Waals surface area contributed by atoms with Gasteiger partial charge in [-0.05, 0) is 25.8 Å². The molecule has 0 saturated heterocycles. The summed E-state index contributed by atoms with van der Waals surface area (Å²) in [7, 11) is 1.92. The Morgan fingerprint density at radius 2 is 1.70 bits per heavy atom. The fourth-order valence-electron chi connectivity index (χ4n) is 2.67. The molecule has 2 amide bonds. The highest BCUT2D eigenvalue weighted by Gasteiger charge is 2.32. The highest BCUT2D eigenvalue weighted by molar-refractivity contribution is 5.85. The third-order valence-electron chi connectivity index (χ3n) is 3.99. The zero-order chi connectivity index (χ0) is 15.0. The summed E-state index contributed by atoms with van der Waals surface area (Å²) in [5.41, 5.74) is -0.0727. The van der Waals surface area contributed by atoms with Crippen molar-refractivity contribution in [1.29, 1.82) is 0 Å². The average molecular weight is 283 g/mol. The smallest absolute Gasteiger partial charge is 0.239 e. The molecule has 0 radical (unpaired) electrons. The highest BCUT2D eigenvalue weighted by atomic mass is 16.2. The van der Waals surface area contributed by atoms with E-state index in [9.17, 15) is 9.59 Å². The number of hydrogen-bond donors (Lipinski definition) is 3. The van der Waals surface area contributed by atoms with Gasteiger partial charge >= 0.3 is 0 Å². The van der Waals surface area contributed by atoms with Crippen molar-refractivity contribution in [2.45, 2.75) is 57.9 Å². The van der Waals surface area contributed by atoms with E-state index in [0.29, 0.717) is 18.9 Å². The molecule has 0 aromatic rings. The SMILES string of the molecule is CNC1(CC(=O)NCC(=O)NCC(C)C)CCCCC1. The summed E-state index contributed by atoms with van der Waals surface area (Å²) in [4.78, 5) is 23.5. The largest absolute Gasteiger partial charge is 0.354 e. The van der Waals surface area contributed by atoms with Crippen molar-refractivity contribution in [3.63, 3.8) is 0 Å². The van der Waals surface area contributed by atoms with Gasteiger partial charge in [0.25, 0.3) is 0 Å². The second-order valence-corrected chi connectivity index (χ2v) is 6.24. The Balaban J connectivity index is 2.30. The van der Waals surface area contributed by atoms with Crippen LogP contribution in [-0.4, -0.2) is 37.5 Å². The quantitative estimate of drug-likeness (QED) is 0.657. The van der Waals surface area contributed by atoms with Gasteiger partial charge in [-0.3, -0.25) is 9.59 Å². The van der Waals surface area contributed by atoms with Crippen LogP contribution in [0.15, 0.2) is 0 Å². The van der Waals surface area contributed by atoms with Crippen molar-refractivity contribution in [2.24, 2.45) is 5.92 Å². The van der Waals surface area contributed by atoms with Crippen LogP contribution < -0.4 is 16.0 Å². The molecule has 0 aliphatic heterocycles. The number of carbonyl (C=O) groups excluding carboxylic acids is 2. The first-order chi connectivity index (χ1) is 9.47. The predicted molar refractivity (Wildman–Crippen MR) is 80.4 cm³/mol. The van der Waals surface area contributed by atoms with Crippen molar-refractivity contribution >= 4 is 11.8 Å². The van der Waals surface area contributed by atoms with E-state index < -0.39 is 0 Å². The van der Waals surface area contributed by atoms with Crippen LogP contribution in [0.5, 0.6) is 0 Å². The van der Waals surface area contributed by atoms with E-state index in [-0.39, 0.29) is 23.9 Å². The molecule has 1 fully saturated rings. The zero-order valence-corrected chi connectivity index (χ0v) is 13.1. The summed E-state index contributed by atoms with van der Waals surface area (Å²) >= 11 is 0. The first-order valence-electron chi connectivity index (χ1n) is 7.70. The van der Waals surface area contributed by atoms with Gasteiger partial charge in [0.05, 0.1) is 6.54 Å². The van der Waals surface area contributed by atoms with Crippen LogP contribution in [0.4, 0.5) is 0 Å². The number of carbonyl (C=O) groups is 2. The second kappa shape index (κ2) is 8.25. The van der Waals surface area contributed by atoms with Crippen LogP contribution in [0.3, 0.4) is 0 Å². The monoisotopic (exact) mass is 283 g/mol. The molecular weight excluding hydrogens is 254 g/mol. The van der Waals surface area contributed by atoms with Gasteiger partial charge in [0.15, 0.2) is 0 Å². The Morgan fingerprint density at radius 3 is 2.25 bits per heavy atom. The summed E-state index contributed by atoms with van der Waals surface area (Å²) in [5.74, 6) is 0.264. The maximum atomic E-state index is 12.0. The summed E-state index contributed by atoms with van der Waals surface area (Å²) in [6, 6.07) is 0. The van der Waals surface area contributed by atoms with E-state index in [2.05, 4.69) is 16.0 Å². The van der Waals surface area contributed by atoms with Gasteiger partial charge < -0.3 is 16.0 Å². The van der Waals surface area contributed by atoms with E-state index in [1.165, 1.54) is 19.3 Å². The molecule has 116 valence electrons. The number of amides is 2. The Labute approximate surface area is 122 Å². The minimum Gasteiger partial charge on any atom is -0.354 e. The third-order valence-corrected chi connectivity index (χ3v) is 3.99. The van der Waals surface area contributed by atoms with Crippen LogP contribution in [0, 0.1) is 5.92 Å². The Morgan fingerprint density at radius 1 is 1.05 bits per heavy atom. The van der Waals surface area contributed by atoms with Gasteiger partial charge in [0, 0.05) is 18.5 Å². The predicted octanol–water partition coefficient (Wildman–Crippen LogP) is 1.19. The lowest BCUT2D eigenvalue weighted by molar-refractivity contribution is -0.127. The summed E-state index contributed by atoms with van der Waals surface area (Å²) < 4.78 is 0. The minimum atomic E-state index is -0.116. The maximum Gasteiger partial charge on any atom is 0.239 e. The van der Waals surface area contributed by atoms with Crippen LogP contribution >= 0.6 is 0 Å². The molecule has 0 unspecified atom stereocenters. The van der Waals surface area contributed by atoms with Crippen molar-refractivity contribution in [1.82, 2.24) is 16.0 Å². The maximum absolute atomic E-state index is 12.0. The lowest BCUT2D eigenvalue weighted by Crippen LogP contribution is -2.49. The van der Waals surface area contributed by atoms with Crippen molar-refractivity contribution in [3.8, 4) is 0 Å². The van der Waals surface area contributed by atoms with Gasteiger partial charge in [-0.15, -0.1) is 0 Å². The Kier molecular flexibility index (Phi) is 6.99. The summed E-state index contributed by atoms with van der Waals surface area (Å²) in [6.45, 7) is 4.80. The van der Waals surface area contributed by atoms with Crippen LogP contribution in [-0.2, 0) is 9.59 Å². The number of nitrogens with one attached hydrogen (secondary N) is 3. The normalized spacial score (nSPS) is 17.8. The van der Waals surface area contributed by atoms with Gasteiger partial charge in [0.2, 0.25) is 11.8 Å². The average Bonchev–Trinajstić information content (AvgIpc) is 2.44. The van der Waals surface area contributed by atoms with Crippen LogP contribution in [0.1, 0.15) is 52.4 Å². The molecular formula is C15H29N3O2. The van der Waals surface area contributed by atoms with Crippen molar-refractivity contribution in [2.75, 3.05) is 20.1 Å². The molecule has 0 spiro atoms. The van der Waals surface area contributed by atoms with Gasteiger partial charge in [-0.25, -0.2) is 0 Å². The lowest BCUT2D eigenvalue weighted by atomic mass is 9.79. The molecule has 1 aliphatic carbocycles. The van der Waals surface area contributed by atoms with Gasteiger partial charge in [-0.2, -0.15) is 0 Å². The second-order valence-electron chi connectivity index (χ2n) is 6.24. The molecule has 0 bridgehead atoms. The van der Waals surface area contributed by atoms with E-state index in [1.807, 2.05) is 20.9 Å². The number of hydrogen-bond acceptors (Lipinski definition) is 3. The van der Waals surface area contributed by atoms with Crippen LogP contribution in [0.25, 0.3) is 0 Å². The molecule has 0 atom stereocenters. The fourth-order valence-corrected chi connectivity index (χ4v) is 2.67. The lowest BCUT2D eigenvalue weighted by Gasteiger charge is -2.36. The molecule has 1 rings (SSSR count). The molecule has 1 saturated carbocycles. The first kappa shape index (κ1) is 17.0. The van der Waals surface area contributed by atoms with E-state index in [0.717, 1.165) is 12.8 Å². The minimum absolute atomic E-state index is 0.0408. The molecule has 1 aliphatic rings. The van der Waals surface area contributed by atoms with E-state index in [1.54, 1.807) is 0 Å². The summed E-state index contributed by atoms with van der Waals surface area (Å²) in [6.07, 6.45) is 6.13. The molecule has 0 aromatic heterocycles. The molecule has 5 heteroatoms. The molecule has 3 N–H and O–H groups in total. The Hall–Kier alpha value is -1.10. The molecule has 5 nitrogen and oxygen atoms in total. The molecule has 0 aromatic carbocycles. The number of rotatable bonds is 7. The molecule has 0 heterocycles. The van der Waals surface area contributed by atoms with Gasteiger partial charge in [-0.1, -0.05) is 33.1 Å². The molecule has 20 heavy (non-hydrogen) atoms. The zero-order valence-electron chi connectivity index (χ0n) is 13.1. The fraction of sp³-hybridized carbons (Fsp3) is 0.867. The van der Waals surface area contributed by atoms with Gasteiger partial charge in [0.1, 0.15) is 0 Å².